The molecule has 1 aromatic rings. The third-order valence-electron chi connectivity index (χ3n) is 3.43. The van der Waals surface area contributed by atoms with Gasteiger partial charge in [-0.3, -0.25) is 9.59 Å². The van der Waals surface area contributed by atoms with E-state index in [1.807, 2.05) is 0 Å². The minimum Gasteiger partial charge on any atom is -0.462 e. The van der Waals surface area contributed by atoms with E-state index in [0.717, 1.165) is 0 Å². The number of anilines is 1. The Morgan fingerprint density at radius 2 is 1.83 bits per heavy atom. The van der Waals surface area contributed by atoms with Gasteiger partial charge in [0.1, 0.15) is 0 Å². The number of rotatable bonds is 4. The van der Waals surface area contributed by atoms with E-state index in [1.165, 1.54) is 24.3 Å². The molecular formula is C15H18N2O6S. The average molecular weight is 354 g/mol. The van der Waals surface area contributed by atoms with Crippen molar-refractivity contribution in [1.82, 2.24) is 5.32 Å². The first-order valence-corrected chi connectivity index (χ1v) is 9.22. The van der Waals surface area contributed by atoms with Crippen LogP contribution in [0.1, 0.15) is 23.7 Å². The van der Waals surface area contributed by atoms with Crippen LogP contribution in [0, 0.1) is 0 Å². The Labute approximate surface area is 139 Å². The van der Waals surface area contributed by atoms with Crippen LogP contribution in [-0.2, 0) is 24.2 Å². The van der Waals surface area contributed by atoms with Crippen molar-refractivity contribution in [2.45, 2.75) is 19.4 Å². The summed E-state index contributed by atoms with van der Waals surface area (Å²) >= 11 is 0. The summed E-state index contributed by atoms with van der Waals surface area (Å²) in [5, 5.41) is 4.78. The minimum absolute atomic E-state index is 0.00882. The molecule has 24 heavy (non-hydrogen) atoms. The number of carbonyl (C=O) groups is 3. The smallest absolute Gasteiger partial charge is 0.338 e. The molecule has 1 saturated heterocycles. The predicted molar refractivity (Wildman–Crippen MR) is 86.2 cm³/mol. The second-order valence-electron chi connectivity index (χ2n) is 5.33. The second kappa shape index (κ2) is 7.43. The molecule has 2 amide bonds. The molecule has 1 heterocycles. The number of amides is 2. The summed E-state index contributed by atoms with van der Waals surface area (Å²) in [6.45, 7) is 1.95. The molecule has 0 aromatic heterocycles. The fourth-order valence-corrected chi connectivity index (χ4v) is 3.93. The largest absolute Gasteiger partial charge is 0.462 e. The number of benzene rings is 1. The molecule has 130 valence electrons. The van der Waals surface area contributed by atoms with Crippen molar-refractivity contribution < 1.29 is 27.5 Å². The topological polar surface area (TPSA) is 119 Å². The first kappa shape index (κ1) is 17.9. The first-order valence-electron chi connectivity index (χ1n) is 7.40. The van der Waals surface area contributed by atoms with Crippen LogP contribution in [0.3, 0.4) is 0 Å². The highest BCUT2D eigenvalue weighted by Crippen LogP contribution is 2.12. The van der Waals surface area contributed by atoms with Crippen LogP contribution in [0.4, 0.5) is 5.69 Å². The number of carbonyl (C=O) groups excluding carboxylic acids is 3. The molecule has 0 aliphatic carbocycles. The van der Waals surface area contributed by atoms with Crippen molar-refractivity contribution >= 4 is 33.3 Å². The summed E-state index contributed by atoms with van der Waals surface area (Å²) in [6, 6.07) is 5.33. The van der Waals surface area contributed by atoms with Crippen molar-refractivity contribution in [3.8, 4) is 0 Å². The molecule has 9 heteroatoms. The van der Waals surface area contributed by atoms with Gasteiger partial charge in [-0.2, -0.15) is 0 Å². The summed E-state index contributed by atoms with van der Waals surface area (Å²) in [6.07, 6.45) is 0.301. The van der Waals surface area contributed by atoms with Gasteiger partial charge in [-0.25, -0.2) is 13.2 Å². The molecule has 1 atom stereocenters. The van der Waals surface area contributed by atoms with E-state index in [2.05, 4.69) is 10.6 Å². The maximum absolute atomic E-state index is 11.8. The molecule has 1 aliphatic heterocycles. The molecule has 1 fully saturated rings. The van der Waals surface area contributed by atoms with E-state index < -0.39 is 33.7 Å². The van der Waals surface area contributed by atoms with Crippen molar-refractivity contribution in [2.75, 3.05) is 23.4 Å². The van der Waals surface area contributed by atoms with Crippen molar-refractivity contribution in [3.63, 3.8) is 0 Å². The first-order chi connectivity index (χ1) is 11.3. The maximum atomic E-state index is 11.8. The number of nitrogens with one attached hydrogen (secondary N) is 2. The van der Waals surface area contributed by atoms with Crippen LogP contribution in [-0.4, -0.2) is 50.4 Å². The van der Waals surface area contributed by atoms with Crippen LogP contribution < -0.4 is 10.6 Å². The van der Waals surface area contributed by atoms with Crippen LogP contribution in [0.25, 0.3) is 0 Å². The predicted octanol–water partition coefficient (Wildman–Crippen LogP) is 0.105. The second-order valence-corrected chi connectivity index (χ2v) is 7.55. The minimum atomic E-state index is -3.13. The van der Waals surface area contributed by atoms with E-state index in [9.17, 15) is 22.8 Å². The fraction of sp³-hybridized carbons (Fsp3) is 0.400. The van der Waals surface area contributed by atoms with E-state index in [4.69, 9.17) is 4.74 Å². The van der Waals surface area contributed by atoms with Crippen LogP contribution in [0.15, 0.2) is 24.3 Å². The lowest BCUT2D eigenvalue weighted by molar-refractivity contribution is -0.136. The van der Waals surface area contributed by atoms with E-state index in [1.54, 1.807) is 6.92 Å². The molecule has 1 aromatic carbocycles. The van der Waals surface area contributed by atoms with Gasteiger partial charge in [0, 0.05) is 11.7 Å². The summed E-state index contributed by atoms with van der Waals surface area (Å²) in [7, 11) is -3.13. The number of hydrogen-bond acceptors (Lipinski definition) is 6. The van der Waals surface area contributed by atoms with Crippen molar-refractivity contribution in [3.05, 3.63) is 29.8 Å². The third-order valence-corrected chi connectivity index (χ3v) is 5.20. The van der Waals surface area contributed by atoms with Gasteiger partial charge in [0.25, 0.3) is 0 Å². The Kier molecular flexibility index (Phi) is 5.55. The highest BCUT2D eigenvalue weighted by atomic mass is 32.2. The highest BCUT2D eigenvalue weighted by Gasteiger charge is 2.30. The molecular weight excluding hydrogens is 336 g/mol. The lowest BCUT2D eigenvalue weighted by Crippen LogP contribution is -2.42. The average Bonchev–Trinajstić information content (AvgIpc) is 2.87. The van der Waals surface area contributed by atoms with Gasteiger partial charge in [-0.05, 0) is 37.6 Å². The van der Waals surface area contributed by atoms with Crippen molar-refractivity contribution in [2.24, 2.45) is 0 Å². The zero-order valence-corrected chi connectivity index (χ0v) is 13.9. The zero-order chi connectivity index (χ0) is 17.7. The molecule has 8 nitrogen and oxygen atoms in total. The van der Waals surface area contributed by atoms with Gasteiger partial charge in [0.05, 0.1) is 23.7 Å². The van der Waals surface area contributed by atoms with Crippen LogP contribution in [0.5, 0.6) is 0 Å². The van der Waals surface area contributed by atoms with Crippen molar-refractivity contribution in [1.29, 1.82) is 0 Å². The molecule has 0 spiro atoms. The number of ether oxygens (including phenoxy) is 1. The number of hydrogen-bond donors (Lipinski definition) is 2. The highest BCUT2D eigenvalue weighted by molar-refractivity contribution is 7.91. The Bertz CT molecular complexity index is 742. The van der Waals surface area contributed by atoms with E-state index in [0.29, 0.717) is 17.7 Å². The summed E-state index contributed by atoms with van der Waals surface area (Å²) in [5.41, 5.74) is 0.665. The lowest BCUT2D eigenvalue weighted by Gasteiger charge is -2.11. The molecule has 1 unspecified atom stereocenters. The SMILES string of the molecule is CCOC(=O)c1ccc(NC(=O)C(=O)NC2CCS(=O)(=O)C2)cc1. The summed E-state index contributed by atoms with van der Waals surface area (Å²) in [5.74, 6) is -2.42. The lowest BCUT2D eigenvalue weighted by atomic mass is 10.2. The Morgan fingerprint density at radius 1 is 1.17 bits per heavy atom. The van der Waals surface area contributed by atoms with Crippen LogP contribution in [0.2, 0.25) is 0 Å². The quantitative estimate of drug-likeness (QED) is 0.585. The monoisotopic (exact) mass is 354 g/mol. The number of esters is 1. The summed E-state index contributed by atoms with van der Waals surface area (Å²) in [4.78, 5) is 35.1. The molecule has 2 N–H and O–H groups in total. The standard InChI is InChI=1S/C15H18N2O6S/c1-2-23-15(20)10-3-5-11(6-4-10)16-13(18)14(19)17-12-7-8-24(21,22)9-12/h3-6,12H,2,7-9H2,1H3,(H,16,18)(H,17,19). The Morgan fingerprint density at radius 3 is 2.38 bits per heavy atom. The third kappa shape index (κ3) is 4.79. The zero-order valence-electron chi connectivity index (χ0n) is 13.1. The van der Waals surface area contributed by atoms with E-state index in [-0.39, 0.29) is 18.1 Å². The molecule has 2 rings (SSSR count). The fourth-order valence-electron chi connectivity index (χ4n) is 2.25. The molecule has 1 aliphatic rings. The van der Waals surface area contributed by atoms with Gasteiger partial charge in [-0.15, -0.1) is 0 Å². The normalized spacial score (nSPS) is 18.6. The molecule has 0 bridgehead atoms. The summed E-state index contributed by atoms with van der Waals surface area (Å²) < 4.78 is 27.5. The van der Waals surface area contributed by atoms with Gasteiger partial charge in [-0.1, -0.05) is 0 Å². The number of sulfone groups is 1. The van der Waals surface area contributed by atoms with Gasteiger partial charge in [0.15, 0.2) is 9.84 Å². The molecule has 0 saturated carbocycles. The molecule has 0 radical (unpaired) electrons. The van der Waals surface area contributed by atoms with Gasteiger partial charge in [0.2, 0.25) is 0 Å². The van der Waals surface area contributed by atoms with Gasteiger partial charge < -0.3 is 15.4 Å². The Hall–Kier alpha value is -2.42. The Balaban J connectivity index is 1.89. The van der Waals surface area contributed by atoms with Crippen LogP contribution >= 0.6 is 0 Å². The maximum Gasteiger partial charge on any atom is 0.338 e. The van der Waals surface area contributed by atoms with E-state index >= 15 is 0 Å². The van der Waals surface area contributed by atoms with Gasteiger partial charge >= 0.3 is 17.8 Å².